The predicted octanol–water partition coefficient (Wildman–Crippen LogP) is -0.319. The van der Waals surface area contributed by atoms with Crippen LogP contribution in [-0.2, 0) is 58.6 Å². The van der Waals surface area contributed by atoms with Crippen LogP contribution in [-0.4, -0.2) is 164 Å². The first-order valence-corrected chi connectivity index (χ1v) is 22.0. The SMILES string of the molecule is O=CCC(Nc1nc(Nc2ccc(C=Cc3ccc(Nc4nc(NC(CC(=O)O)C(=O)O)nc(NC(CC(=O)O)C(=O)O)n4)cc3S(=O)(=O)O)c(S(=O)(=O)O)c2)nc(NC(CC(=O)O)C(=O)O)n1)C(=O)O. The highest BCUT2D eigenvalue weighted by molar-refractivity contribution is 7.86. The molecule has 15 N–H and O–H groups in total. The number of carbonyl (C=O) groups excluding carboxylic acids is 1. The molecule has 0 spiro atoms. The second-order valence-corrected chi connectivity index (χ2v) is 16.8. The second kappa shape index (κ2) is 23.2. The Morgan fingerprint density at radius 1 is 0.465 bits per heavy atom. The highest BCUT2D eigenvalue weighted by atomic mass is 32.2. The maximum atomic E-state index is 12.6. The van der Waals surface area contributed by atoms with Crippen LogP contribution >= 0.6 is 0 Å². The normalized spacial score (nSPS) is 13.1. The Bertz CT molecular complexity index is 2980. The first-order chi connectivity index (χ1) is 33.1. The molecule has 4 unspecified atom stereocenters. The zero-order valence-electron chi connectivity index (χ0n) is 35.3. The van der Waals surface area contributed by atoms with Crippen molar-refractivity contribution in [3.63, 3.8) is 0 Å². The zero-order chi connectivity index (χ0) is 53.0. The van der Waals surface area contributed by atoms with E-state index in [9.17, 15) is 84.7 Å². The van der Waals surface area contributed by atoms with Gasteiger partial charge < -0.3 is 72.4 Å². The smallest absolute Gasteiger partial charge is 0.326 e. The lowest BCUT2D eigenvalue weighted by Crippen LogP contribution is -2.34. The van der Waals surface area contributed by atoms with Crippen LogP contribution in [0, 0.1) is 0 Å². The molecule has 33 nitrogen and oxygen atoms in total. The van der Waals surface area contributed by atoms with Crippen molar-refractivity contribution in [3.05, 3.63) is 47.5 Å². The molecule has 2 heterocycles. The second-order valence-electron chi connectivity index (χ2n) is 14.0. The van der Waals surface area contributed by atoms with Crippen molar-refractivity contribution in [2.75, 3.05) is 31.9 Å². The topological polar surface area (TPSA) is 536 Å². The van der Waals surface area contributed by atoms with Gasteiger partial charge in [-0.3, -0.25) is 23.5 Å². The minimum absolute atomic E-state index is 0.245. The fourth-order valence-corrected chi connectivity index (χ4v) is 6.99. The average Bonchev–Trinajstić information content (AvgIpc) is 3.24. The number of anilines is 8. The number of rotatable bonds is 28. The van der Waals surface area contributed by atoms with Crippen LogP contribution in [0.1, 0.15) is 36.8 Å². The van der Waals surface area contributed by atoms with E-state index in [-0.39, 0.29) is 28.8 Å². The summed E-state index contributed by atoms with van der Waals surface area (Å²) in [5, 5.41) is 79.3. The summed E-state index contributed by atoms with van der Waals surface area (Å²) >= 11 is 0. The lowest BCUT2D eigenvalue weighted by atomic mass is 10.1. The molecule has 0 bridgehead atoms. The number of carbonyl (C=O) groups is 8. The summed E-state index contributed by atoms with van der Waals surface area (Å²) < 4.78 is 70.9. The summed E-state index contributed by atoms with van der Waals surface area (Å²) in [5.41, 5.74) is -1.20. The largest absolute Gasteiger partial charge is 0.481 e. The molecule has 4 aromatic rings. The monoisotopic (exact) mass is 1040 g/mol. The minimum atomic E-state index is -5.19. The van der Waals surface area contributed by atoms with Crippen molar-refractivity contribution in [3.8, 4) is 0 Å². The highest BCUT2D eigenvalue weighted by Gasteiger charge is 2.27. The summed E-state index contributed by atoms with van der Waals surface area (Å²) in [7, 11) is -10.4. The molecule has 0 aliphatic carbocycles. The van der Waals surface area contributed by atoms with Crippen LogP contribution in [0.5, 0.6) is 0 Å². The third kappa shape index (κ3) is 16.5. The van der Waals surface area contributed by atoms with Gasteiger partial charge in [-0.05, 0) is 35.4 Å². The van der Waals surface area contributed by atoms with Crippen molar-refractivity contribution in [2.45, 2.75) is 59.6 Å². The van der Waals surface area contributed by atoms with Crippen molar-refractivity contribution in [1.82, 2.24) is 29.9 Å². The number of carboxylic acid groups (broad SMARTS) is 7. The molecule has 71 heavy (non-hydrogen) atoms. The Morgan fingerprint density at radius 2 is 0.746 bits per heavy atom. The quantitative estimate of drug-likeness (QED) is 0.0197. The molecule has 0 fully saturated rings. The molecule has 35 heteroatoms. The van der Waals surface area contributed by atoms with Gasteiger partial charge in [-0.15, -0.1) is 0 Å². The number of aromatic nitrogens is 6. The third-order valence-corrected chi connectivity index (χ3v) is 10.5. The molecule has 2 aromatic heterocycles. The fraction of sp³-hybridized carbons (Fsp3) is 0.222. The molecule has 4 atom stereocenters. The van der Waals surface area contributed by atoms with E-state index in [1.54, 1.807) is 0 Å². The predicted molar refractivity (Wildman–Crippen MR) is 235 cm³/mol. The maximum absolute atomic E-state index is 12.6. The molecular weight excluding hydrogens is 1000 g/mol. The van der Waals surface area contributed by atoms with Gasteiger partial charge in [-0.2, -0.15) is 46.7 Å². The molecule has 0 radical (unpaired) electrons. The molecule has 4 rings (SSSR count). The molecule has 0 saturated heterocycles. The number of aliphatic carboxylic acids is 7. The minimum Gasteiger partial charge on any atom is -0.481 e. The van der Waals surface area contributed by atoms with E-state index in [2.05, 4.69) is 61.8 Å². The van der Waals surface area contributed by atoms with Gasteiger partial charge in [-0.1, -0.05) is 24.3 Å². The van der Waals surface area contributed by atoms with Crippen molar-refractivity contribution in [1.29, 1.82) is 0 Å². The number of benzene rings is 2. The van der Waals surface area contributed by atoms with Gasteiger partial charge >= 0.3 is 41.8 Å². The summed E-state index contributed by atoms with van der Waals surface area (Å²) in [6.45, 7) is 0. The van der Waals surface area contributed by atoms with Crippen LogP contribution in [0.4, 0.5) is 47.1 Å². The number of nitrogens with zero attached hydrogens (tertiary/aromatic N) is 6. The number of hydrogen-bond acceptors (Lipinski definition) is 24. The molecule has 0 saturated carbocycles. The van der Waals surface area contributed by atoms with E-state index < -0.39 is 157 Å². The Balaban J connectivity index is 1.74. The van der Waals surface area contributed by atoms with Crippen molar-refractivity contribution >= 4 is 128 Å². The summed E-state index contributed by atoms with van der Waals surface area (Å²) in [6, 6.07) is -1.32. The van der Waals surface area contributed by atoms with E-state index in [1.165, 1.54) is 0 Å². The van der Waals surface area contributed by atoms with E-state index in [4.69, 9.17) is 15.3 Å². The van der Waals surface area contributed by atoms with Gasteiger partial charge in [0.2, 0.25) is 35.7 Å². The van der Waals surface area contributed by atoms with E-state index in [1.807, 2.05) is 0 Å². The third-order valence-electron chi connectivity index (χ3n) is 8.68. The standard InChI is InChI=1S/C36H36N12O21S2/c49-8-7-18(27(56)57)39-33-43-31(44-34(47-33)40-19(28(58)59)11-24(50)51)37-16-5-3-14(22(9-16)70(64,65)66)1-2-15-4-6-17(10-23(15)71(67,68)69)38-32-45-35(41-20(29(60)61)12-25(52)53)48-36(46-32)42-21(30(62)63)13-26(54)55/h1-6,8-10,18-21H,7,11-13H2,(H,50,51)(H,52,53)(H,54,55)(H,56,57)(H,58,59)(H,60,61)(H,62,63)(H,64,65,66)(H,67,68,69)(H3,37,39,40,43,44,47)(H3,38,41,42,45,46,48). The van der Waals surface area contributed by atoms with Gasteiger partial charge in [0.05, 0.1) is 19.3 Å². The van der Waals surface area contributed by atoms with E-state index in [0.717, 1.165) is 48.6 Å². The summed E-state index contributed by atoms with van der Waals surface area (Å²) in [5.74, 6) is -15.2. The first-order valence-electron chi connectivity index (χ1n) is 19.2. The number of carboxylic acids is 7. The Hall–Kier alpha value is -9.22. The lowest BCUT2D eigenvalue weighted by molar-refractivity contribution is -0.144. The van der Waals surface area contributed by atoms with Crippen LogP contribution in [0.15, 0.2) is 46.2 Å². The highest BCUT2D eigenvalue weighted by Crippen LogP contribution is 2.29. The molecular formula is C36H36N12O21S2. The molecule has 0 aliphatic heterocycles. The van der Waals surface area contributed by atoms with E-state index in [0.29, 0.717) is 0 Å². The maximum Gasteiger partial charge on any atom is 0.326 e. The molecule has 0 aliphatic rings. The lowest BCUT2D eigenvalue weighted by Gasteiger charge is -2.17. The van der Waals surface area contributed by atoms with Crippen LogP contribution in [0.2, 0.25) is 0 Å². The Morgan fingerprint density at radius 3 is 1.00 bits per heavy atom. The van der Waals surface area contributed by atoms with E-state index >= 15 is 0 Å². The Labute approximate surface area is 395 Å². The van der Waals surface area contributed by atoms with Crippen LogP contribution in [0.25, 0.3) is 12.2 Å². The first kappa shape index (κ1) is 54.4. The van der Waals surface area contributed by atoms with Gasteiger partial charge in [0.1, 0.15) is 40.2 Å². The molecule has 2 aromatic carbocycles. The van der Waals surface area contributed by atoms with Crippen molar-refractivity contribution < 1.29 is 100 Å². The zero-order valence-corrected chi connectivity index (χ0v) is 36.9. The number of hydrogen-bond donors (Lipinski definition) is 15. The Kier molecular flexibility index (Phi) is 17.8. The van der Waals surface area contributed by atoms with Crippen LogP contribution < -0.4 is 31.9 Å². The van der Waals surface area contributed by atoms with Gasteiger partial charge in [0, 0.05) is 17.8 Å². The number of aldehydes is 1. The van der Waals surface area contributed by atoms with Crippen LogP contribution in [0.3, 0.4) is 0 Å². The molecule has 0 amide bonds. The fourth-order valence-electron chi connectivity index (χ4n) is 5.57. The molecule has 378 valence electrons. The van der Waals surface area contributed by atoms with Gasteiger partial charge in [-0.25, -0.2) is 19.2 Å². The van der Waals surface area contributed by atoms with Gasteiger partial charge in [0.25, 0.3) is 20.2 Å². The summed E-state index contributed by atoms with van der Waals surface area (Å²) in [4.78, 5) is 113. The number of nitrogens with one attached hydrogen (secondary N) is 6. The summed E-state index contributed by atoms with van der Waals surface area (Å²) in [6.07, 6.45) is -1.49. The average molecular weight is 1040 g/mol. The van der Waals surface area contributed by atoms with Crippen molar-refractivity contribution in [2.24, 2.45) is 0 Å². The van der Waals surface area contributed by atoms with Gasteiger partial charge in [0.15, 0.2) is 0 Å².